The molecule has 6 nitrogen and oxygen atoms in total. The Morgan fingerprint density at radius 3 is 2.80 bits per heavy atom. The van der Waals surface area contributed by atoms with Crippen molar-refractivity contribution in [1.29, 1.82) is 0 Å². The van der Waals surface area contributed by atoms with Crippen LogP contribution in [0.15, 0.2) is 73.4 Å². The Labute approximate surface area is 151 Å². The summed E-state index contributed by atoms with van der Waals surface area (Å²) in [5.41, 5.74) is 1.45. The topological polar surface area (TPSA) is 79.2 Å². The third-order valence-corrected chi connectivity index (χ3v) is 4.39. The van der Waals surface area contributed by atoms with Gasteiger partial charge in [0.25, 0.3) is 0 Å². The van der Waals surface area contributed by atoms with E-state index >= 15 is 0 Å². The average Bonchev–Trinajstić information content (AvgIpc) is 3.34. The van der Waals surface area contributed by atoms with Crippen molar-refractivity contribution in [2.45, 2.75) is 12.5 Å². The molecule has 1 aliphatic heterocycles. The highest BCUT2D eigenvalue weighted by Gasteiger charge is 2.35. The normalized spacial score (nSPS) is 16.9. The number of hydrazone groups is 1. The Morgan fingerprint density at radius 1 is 1.24 bits per heavy atom. The van der Waals surface area contributed by atoms with E-state index < -0.39 is 0 Å². The van der Waals surface area contributed by atoms with E-state index in [2.05, 4.69) is 21.0 Å². The van der Waals surface area contributed by atoms with E-state index in [0.29, 0.717) is 22.6 Å². The van der Waals surface area contributed by atoms with Gasteiger partial charge in [-0.15, -0.1) is 0 Å². The number of nitrogens with zero attached hydrogens (tertiary/aromatic N) is 2. The van der Waals surface area contributed by atoms with Crippen LogP contribution in [-0.2, 0) is 0 Å². The predicted molar refractivity (Wildman–Crippen MR) is 93.3 cm³/mol. The predicted octanol–water partition coefficient (Wildman–Crippen LogP) is 4.33. The van der Waals surface area contributed by atoms with Crippen LogP contribution >= 0.6 is 15.9 Å². The maximum absolute atomic E-state index is 12.9. The van der Waals surface area contributed by atoms with Gasteiger partial charge in [0.05, 0.1) is 12.3 Å². The molecule has 0 radical (unpaired) electrons. The van der Waals surface area contributed by atoms with Crippen LogP contribution in [0.2, 0.25) is 0 Å². The van der Waals surface area contributed by atoms with Crippen molar-refractivity contribution in [3.05, 3.63) is 76.5 Å². The van der Waals surface area contributed by atoms with E-state index in [4.69, 9.17) is 8.83 Å². The van der Waals surface area contributed by atoms with Crippen LogP contribution in [0.4, 0.5) is 0 Å². The van der Waals surface area contributed by atoms with E-state index in [0.717, 1.165) is 5.56 Å². The summed E-state index contributed by atoms with van der Waals surface area (Å²) in [6.45, 7) is 0. The van der Waals surface area contributed by atoms with Crippen LogP contribution in [-0.4, -0.2) is 21.7 Å². The molecule has 2 aromatic heterocycles. The van der Waals surface area contributed by atoms with Gasteiger partial charge in [0.2, 0.25) is 0 Å². The van der Waals surface area contributed by atoms with E-state index in [-0.39, 0.29) is 23.5 Å². The van der Waals surface area contributed by atoms with Gasteiger partial charge in [-0.2, -0.15) is 5.10 Å². The number of halogens is 1. The van der Waals surface area contributed by atoms with Crippen LogP contribution in [0.1, 0.15) is 34.3 Å². The average molecular weight is 401 g/mol. The van der Waals surface area contributed by atoms with E-state index in [1.54, 1.807) is 48.7 Å². The van der Waals surface area contributed by atoms with Crippen molar-refractivity contribution in [3.63, 3.8) is 0 Å². The minimum Gasteiger partial charge on any atom is -0.508 e. The van der Waals surface area contributed by atoms with Crippen LogP contribution in [0.3, 0.4) is 0 Å². The lowest BCUT2D eigenvalue weighted by Crippen LogP contribution is -2.26. The molecule has 7 heteroatoms. The number of hydrogen-bond acceptors (Lipinski definition) is 5. The number of rotatable bonds is 3. The molecule has 126 valence electrons. The first-order valence-electron chi connectivity index (χ1n) is 7.61. The molecule has 3 aromatic rings. The molecule has 1 amide bonds. The Kier molecular flexibility index (Phi) is 3.93. The Bertz CT molecular complexity index is 946. The Morgan fingerprint density at radius 2 is 2.12 bits per heavy atom. The molecular formula is C18H13BrN2O4. The van der Waals surface area contributed by atoms with Gasteiger partial charge in [-0.25, -0.2) is 5.01 Å². The molecule has 25 heavy (non-hydrogen) atoms. The number of carbonyl (C=O) groups excluding carboxylic acids is 1. The van der Waals surface area contributed by atoms with Crippen molar-refractivity contribution in [1.82, 2.24) is 5.01 Å². The van der Waals surface area contributed by atoms with Crippen LogP contribution in [0.25, 0.3) is 0 Å². The Hall–Kier alpha value is -2.80. The summed E-state index contributed by atoms with van der Waals surface area (Å²) in [5, 5.41) is 15.6. The molecule has 3 heterocycles. The third-order valence-electron chi connectivity index (χ3n) is 3.96. The second kappa shape index (κ2) is 6.25. The van der Waals surface area contributed by atoms with Crippen molar-refractivity contribution < 1.29 is 18.7 Å². The summed E-state index contributed by atoms with van der Waals surface area (Å²) < 4.78 is 11.3. The lowest BCUT2D eigenvalue weighted by molar-refractivity contribution is 0.0677. The van der Waals surface area contributed by atoms with Crippen molar-refractivity contribution >= 4 is 27.5 Å². The van der Waals surface area contributed by atoms with Gasteiger partial charge in [-0.3, -0.25) is 4.79 Å². The lowest BCUT2D eigenvalue weighted by Gasteiger charge is -2.21. The second-order valence-electron chi connectivity index (χ2n) is 5.59. The van der Waals surface area contributed by atoms with Gasteiger partial charge in [-0.1, -0.05) is 12.1 Å². The Balaban J connectivity index is 1.73. The second-order valence-corrected chi connectivity index (χ2v) is 6.37. The van der Waals surface area contributed by atoms with E-state index in [1.807, 2.05) is 6.07 Å². The number of phenols is 1. The highest BCUT2D eigenvalue weighted by Crippen LogP contribution is 2.35. The van der Waals surface area contributed by atoms with E-state index in [1.165, 1.54) is 5.01 Å². The summed E-state index contributed by atoms with van der Waals surface area (Å²) in [4.78, 5) is 12.9. The zero-order chi connectivity index (χ0) is 17.4. The number of phenolic OH excluding ortho intramolecular Hbond substituents is 1. The highest BCUT2D eigenvalue weighted by atomic mass is 79.9. The molecule has 0 saturated heterocycles. The number of hydrogen-bond donors (Lipinski definition) is 1. The quantitative estimate of drug-likeness (QED) is 0.709. The number of carbonyl (C=O) groups is 1. The molecule has 0 fully saturated rings. The van der Waals surface area contributed by atoms with Crippen LogP contribution in [0, 0.1) is 0 Å². The fraction of sp³-hybridized carbons (Fsp3) is 0.111. The monoisotopic (exact) mass is 400 g/mol. The van der Waals surface area contributed by atoms with Gasteiger partial charge in [0.1, 0.15) is 17.2 Å². The van der Waals surface area contributed by atoms with Gasteiger partial charge >= 0.3 is 5.91 Å². The minimum absolute atomic E-state index is 0.136. The summed E-state index contributed by atoms with van der Waals surface area (Å²) >= 11 is 3.20. The molecule has 1 unspecified atom stereocenters. The van der Waals surface area contributed by atoms with Gasteiger partial charge < -0.3 is 13.9 Å². The first-order chi connectivity index (χ1) is 12.1. The van der Waals surface area contributed by atoms with Crippen molar-refractivity contribution in [2.75, 3.05) is 0 Å². The molecule has 4 rings (SSSR count). The first kappa shape index (κ1) is 15.7. The molecule has 1 aliphatic rings. The number of furan rings is 2. The zero-order valence-corrected chi connectivity index (χ0v) is 14.5. The smallest absolute Gasteiger partial charge is 0.310 e. The number of benzene rings is 1. The van der Waals surface area contributed by atoms with Crippen LogP contribution in [0.5, 0.6) is 5.75 Å². The molecular weight excluding hydrogens is 388 g/mol. The summed E-state index contributed by atoms with van der Waals surface area (Å²) in [7, 11) is 0. The lowest BCUT2D eigenvalue weighted by atomic mass is 10.0. The third kappa shape index (κ3) is 2.98. The number of aromatic hydroxyl groups is 1. The molecule has 0 spiro atoms. The van der Waals surface area contributed by atoms with Crippen molar-refractivity contribution in [2.24, 2.45) is 5.10 Å². The molecule has 1 N–H and O–H groups in total. The molecule has 1 atom stereocenters. The van der Waals surface area contributed by atoms with Gasteiger partial charge in [0.15, 0.2) is 10.4 Å². The molecule has 0 saturated carbocycles. The maximum Gasteiger partial charge on any atom is 0.310 e. The summed E-state index contributed by atoms with van der Waals surface area (Å²) in [5.74, 6) is 0.570. The standard InChI is InChI=1S/C18H13BrN2O4/c19-17-7-6-16(25-17)18(23)21-14(11-3-1-4-12(22)9-11)10-13(20-21)15-5-2-8-24-15/h1-9,14,22H,10H2. The summed E-state index contributed by atoms with van der Waals surface area (Å²) in [6.07, 6.45) is 2.04. The fourth-order valence-electron chi connectivity index (χ4n) is 2.82. The SMILES string of the molecule is O=C(c1ccc(Br)o1)N1N=C(c2ccco2)CC1c1cccc(O)c1. The molecule has 0 bridgehead atoms. The van der Waals surface area contributed by atoms with Gasteiger partial charge in [0, 0.05) is 6.42 Å². The largest absolute Gasteiger partial charge is 0.508 e. The molecule has 0 aliphatic carbocycles. The summed E-state index contributed by atoms with van der Waals surface area (Å²) in [6, 6.07) is 13.3. The first-order valence-corrected chi connectivity index (χ1v) is 8.40. The van der Waals surface area contributed by atoms with Crippen molar-refractivity contribution in [3.8, 4) is 5.75 Å². The zero-order valence-electron chi connectivity index (χ0n) is 12.9. The number of amides is 1. The molecule has 1 aromatic carbocycles. The fourth-order valence-corrected chi connectivity index (χ4v) is 3.13. The van der Waals surface area contributed by atoms with E-state index in [9.17, 15) is 9.90 Å². The minimum atomic E-state index is -0.361. The van der Waals surface area contributed by atoms with Crippen LogP contribution < -0.4 is 0 Å². The van der Waals surface area contributed by atoms with Gasteiger partial charge in [-0.05, 0) is 57.9 Å². The maximum atomic E-state index is 12.9. The highest BCUT2D eigenvalue weighted by molar-refractivity contribution is 9.10.